The predicted octanol–water partition coefficient (Wildman–Crippen LogP) is 11.9. The number of benzene rings is 7. The zero-order valence-electron chi connectivity index (χ0n) is 29.0. The molecule has 0 bridgehead atoms. The van der Waals surface area contributed by atoms with Crippen molar-refractivity contribution in [3.63, 3.8) is 0 Å². The van der Waals surface area contributed by atoms with E-state index in [2.05, 4.69) is 152 Å². The minimum absolute atomic E-state index is 0.194. The van der Waals surface area contributed by atoms with Gasteiger partial charge in [0.25, 0.3) is 0 Å². The number of fused-ring (bicyclic) bond motifs is 6. The van der Waals surface area contributed by atoms with Crippen LogP contribution in [0.4, 0.5) is 0 Å². The first-order valence-corrected chi connectivity index (χ1v) is 17.8. The van der Waals surface area contributed by atoms with Crippen molar-refractivity contribution >= 4 is 21.8 Å². The summed E-state index contributed by atoms with van der Waals surface area (Å²) in [6, 6.07) is 60.2. The van der Waals surface area contributed by atoms with E-state index in [4.69, 9.17) is 15.0 Å². The van der Waals surface area contributed by atoms with Gasteiger partial charge in [-0.3, -0.25) is 0 Å². The Balaban J connectivity index is 1.17. The zero-order chi connectivity index (χ0) is 34.8. The number of rotatable bonds is 5. The molecule has 0 radical (unpaired) electrons. The molecule has 4 nitrogen and oxygen atoms in total. The van der Waals surface area contributed by atoms with Crippen LogP contribution in [0.5, 0.6) is 0 Å². The second-order valence-corrected chi connectivity index (χ2v) is 14.1. The molecule has 4 heteroatoms. The molecule has 0 atom stereocenters. The number of hydrogen-bond donors (Lipinski definition) is 0. The molecule has 10 rings (SSSR count). The zero-order valence-corrected chi connectivity index (χ0v) is 29.0. The van der Waals surface area contributed by atoms with Crippen molar-refractivity contribution in [1.29, 1.82) is 0 Å². The van der Waals surface area contributed by atoms with E-state index >= 15 is 0 Å². The minimum atomic E-state index is -0.194. The molecular formula is C48H34N4. The van der Waals surface area contributed by atoms with Crippen LogP contribution in [0.15, 0.2) is 170 Å². The van der Waals surface area contributed by atoms with E-state index in [0.29, 0.717) is 17.5 Å². The second-order valence-electron chi connectivity index (χ2n) is 14.1. The average Bonchev–Trinajstić information content (AvgIpc) is 3.66. The Morgan fingerprint density at radius 2 is 0.981 bits per heavy atom. The maximum absolute atomic E-state index is 5.15. The molecule has 7 aromatic carbocycles. The van der Waals surface area contributed by atoms with Crippen LogP contribution in [0.25, 0.3) is 83.9 Å². The molecule has 1 aliphatic rings. The van der Waals surface area contributed by atoms with Crippen LogP contribution in [0, 0.1) is 0 Å². The molecule has 52 heavy (non-hydrogen) atoms. The number of nitrogens with zero attached hydrogens (tertiary/aromatic N) is 4. The summed E-state index contributed by atoms with van der Waals surface area (Å²) in [5.74, 6) is 2.00. The molecule has 0 N–H and O–H groups in total. The van der Waals surface area contributed by atoms with Gasteiger partial charge >= 0.3 is 0 Å². The van der Waals surface area contributed by atoms with Gasteiger partial charge in [0.05, 0.1) is 11.0 Å². The van der Waals surface area contributed by atoms with Crippen molar-refractivity contribution in [3.05, 3.63) is 181 Å². The van der Waals surface area contributed by atoms with Crippen molar-refractivity contribution < 1.29 is 0 Å². The van der Waals surface area contributed by atoms with Crippen molar-refractivity contribution in [1.82, 2.24) is 19.5 Å². The SMILES string of the molecule is CC1(C)c2ccc(-c3ccc4c5ccccc5n(-c5ccccc5)c4c3)cc2-c2c(-c3nc(-c4ccccc4)nc(-c4ccccc4)n3)cccc21. The van der Waals surface area contributed by atoms with Crippen LogP contribution >= 0.6 is 0 Å². The summed E-state index contributed by atoms with van der Waals surface area (Å²) in [5, 5.41) is 2.50. The Bertz CT molecular complexity index is 2740. The van der Waals surface area contributed by atoms with Gasteiger partial charge in [-0.25, -0.2) is 15.0 Å². The average molecular weight is 667 g/mol. The highest BCUT2D eigenvalue weighted by molar-refractivity contribution is 6.10. The molecule has 2 aromatic heterocycles. The van der Waals surface area contributed by atoms with E-state index < -0.39 is 0 Å². The maximum atomic E-state index is 5.15. The molecule has 0 aliphatic heterocycles. The third-order valence-corrected chi connectivity index (χ3v) is 10.7. The lowest BCUT2D eigenvalue weighted by molar-refractivity contribution is 0.660. The summed E-state index contributed by atoms with van der Waals surface area (Å²) in [5.41, 5.74) is 13.6. The van der Waals surface area contributed by atoms with Gasteiger partial charge in [-0.2, -0.15) is 0 Å². The van der Waals surface area contributed by atoms with Crippen LogP contribution in [-0.4, -0.2) is 19.5 Å². The van der Waals surface area contributed by atoms with E-state index in [9.17, 15) is 0 Å². The molecule has 246 valence electrons. The molecule has 0 spiro atoms. The van der Waals surface area contributed by atoms with Crippen molar-refractivity contribution in [3.8, 4) is 62.1 Å². The normalized spacial score (nSPS) is 13.0. The summed E-state index contributed by atoms with van der Waals surface area (Å²) < 4.78 is 2.38. The van der Waals surface area contributed by atoms with Crippen LogP contribution in [-0.2, 0) is 5.41 Å². The molecule has 1 aliphatic carbocycles. The maximum Gasteiger partial charge on any atom is 0.164 e. The summed E-state index contributed by atoms with van der Waals surface area (Å²) in [6.45, 7) is 4.65. The van der Waals surface area contributed by atoms with Crippen LogP contribution in [0.2, 0.25) is 0 Å². The van der Waals surface area contributed by atoms with E-state index in [1.54, 1.807) is 0 Å². The van der Waals surface area contributed by atoms with Crippen LogP contribution < -0.4 is 0 Å². The first kappa shape index (κ1) is 30.2. The number of para-hydroxylation sites is 2. The Hall–Kier alpha value is -6.65. The Morgan fingerprint density at radius 1 is 0.404 bits per heavy atom. The Kier molecular flexibility index (Phi) is 6.80. The first-order chi connectivity index (χ1) is 25.5. The molecular weight excluding hydrogens is 633 g/mol. The van der Waals surface area contributed by atoms with Gasteiger partial charge in [0.1, 0.15) is 0 Å². The number of aromatic nitrogens is 4. The van der Waals surface area contributed by atoms with Crippen LogP contribution in [0.1, 0.15) is 25.0 Å². The van der Waals surface area contributed by atoms with Crippen molar-refractivity contribution in [2.24, 2.45) is 0 Å². The fourth-order valence-corrected chi connectivity index (χ4v) is 8.10. The van der Waals surface area contributed by atoms with E-state index in [-0.39, 0.29) is 5.41 Å². The highest BCUT2D eigenvalue weighted by Gasteiger charge is 2.37. The van der Waals surface area contributed by atoms with Gasteiger partial charge in [0.15, 0.2) is 17.5 Å². The highest BCUT2D eigenvalue weighted by atomic mass is 15.0. The van der Waals surface area contributed by atoms with Gasteiger partial charge < -0.3 is 4.57 Å². The Morgan fingerprint density at radius 3 is 1.69 bits per heavy atom. The molecule has 9 aromatic rings. The van der Waals surface area contributed by atoms with E-state index in [0.717, 1.165) is 22.4 Å². The lowest BCUT2D eigenvalue weighted by atomic mass is 9.82. The lowest BCUT2D eigenvalue weighted by Gasteiger charge is -2.21. The topological polar surface area (TPSA) is 43.6 Å². The van der Waals surface area contributed by atoms with Gasteiger partial charge in [-0.1, -0.05) is 153 Å². The van der Waals surface area contributed by atoms with Crippen LogP contribution in [0.3, 0.4) is 0 Å². The molecule has 0 saturated heterocycles. The largest absolute Gasteiger partial charge is 0.309 e. The highest BCUT2D eigenvalue weighted by Crippen LogP contribution is 2.53. The molecule has 0 amide bonds. The third kappa shape index (κ3) is 4.72. The van der Waals surface area contributed by atoms with Gasteiger partial charge in [-0.05, 0) is 63.7 Å². The summed E-state index contributed by atoms with van der Waals surface area (Å²) in [7, 11) is 0. The smallest absolute Gasteiger partial charge is 0.164 e. The summed E-state index contributed by atoms with van der Waals surface area (Å²) in [6.07, 6.45) is 0. The molecule has 0 unspecified atom stereocenters. The van der Waals surface area contributed by atoms with Gasteiger partial charge in [0, 0.05) is 38.6 Å². The number of hydrogen-bond acceptors (Lipinski definition) is 3. The summed E-state index contributed by atoms with van der Waals surface area (Å²) >= 11 is 0. The second kappa shape index (κ2) is 11.7. The minimum Gasteiger partial charge on any atom is -0.309 e. The summed E-state index contributed by atoms with van der Waals surface area (Å²) in [4.78, 5) is 15.3. The third-order valence-electron chi connectivity index (χ3n) is 10.7. The monoisotopic (exact) mass is 666 g/mol. The standard InChI is InChI=1S/C48H34N4/c1-48(2)40-28-26-33(34-25-27-37-36-21-12-13-24-42(36)52(43(37)30-34)35-19-10-5-11-20-35)29-39(40)44-38(22-14-23-41(44)48)47-50-45(31-15-6-3-7-16-31)49-46(51-47)32-17-8-4-9-18-32/h3-30H,1-2H3. The van der Waals surface area contributed by atoms with Gasteiger partial charge in [-0.15, -0.1) is 0 Å². The molecule has 2 heterocycles. The molecule has 0 fully saturated rings. The van der Waals surface area contributed by atoms with Crippen molar-refractivity contribution in [2.75, 3.05) is 0 Å². The van der Waals surface area contributed by atoms with E-state index in [1.165, 1.54) is 55.2 Å². The fourth-order valence-electron chi connectivity index (χ4n) is 8.10. The van der Waals surface area contributed by atoms with Crippen molar-refractivity contribution in [2.45, 2.75) is 19.3 Å². The fraction of sp³-hybridized carbons (Fsp3) is 0.0625. The molecule has 0 saturated carbocycles. The first-order valence-electron chi connectivity index (χ1n) is 17.8. The quantitative estimate of drug-likeness (QED) is 0.184. The predicted molar refractivity (Wildman–Crippen MR) is 213 cm³/mol. The Labute approximate surface area is 302 Å². The lowest BCUT2D eigenvalue weighted by Crippen LogP contribution is -2.14. The van der Waals surface area contributed by atoms with E-state index in [1.807, 2.05) is 36.4 Å². The van der Waals surface area contributed by atoms with Gasteiger partial charge in [0.2, 0.25) is 0 Å².